The van der Waals surface area contributed by atoms with E-state index in [9.17, 15) is 24.9 Å². The number of hydrogen-bond donors (Lipinski definition) is 6. The topological polar surface area (TPSA) is 173 Å². The number of ether oxygens (including phenoxy) is 3. The highest BCUT2D eigenvalue weighted by molar-refractivity contribution is 6.04. The quantitative estimate of drug-likeness (QED) is 0.162. The highest BCUT2D eigenvalue weighted by Crippen LogP contribution is 2.42. The van der Waals surface area contributed by atoms with Crippen molar-refractivity contribution in [3.05, 3.63) is 59.7 Å². The Morgan fingerprint density at radius 2 is 1.93 bits per heavy atom. The van der Waals surface area contributed by atoms with Crippen LogP contribution in [0.3, 0.4) is 0 Å². The van der Waals surface area contributed by atoms with Crippen molar-refractivity contribution in [2.45, 2.75) is 65.0 Å². The molecule has 11 nitrogen and oxygen atoms in total. The number of phenolic OH excluding ortho intramolecular Hbond substituents is 2. The van der Waals surface area contributed by atoms with Crippen molar-refractivity contribution in [3.8, 4) is 11.5 Å². The summed E-state index contributed by atoms with van der Waals surface area (Å²) < 4.78 is 16.6. The van der Waals surface area contributed by atoms with Gasteiger partial charge in [0.1, 0.15) is 17.6 Å². The van der Waals surface area contributed by atoms with E-state index in [0.29, 0.717) is 41.8 Å². The summed E-state index contributed by atoms with van der Waals surface area (Å²) in [5.41, 5.74) is 7.01. The SMILES string of the molecule is C=CCNc1c(O)cc2c(O)c1C[C@@H](C)C[C@H](OC)C(O)[C@@H](C)/C=C(\C)[C@H](OC(N)=O)[C@@H](OC)/C=C\C=C(/C)C(=O)N2. The van der Waals surface area contributed by atoms with Crippen molar-refractivity contribution in [1.82, 2.24) is 0 Å². The molecule has 232 valence electrons. The first-order chi connectivity index (χ1) is 19.8. The molecule has 6 atom stereocenters. The van der Waals surface area contributed by atoms with Gasteiger partial charge in [-0.3, -0.25) is 4.79 Å². The van der Waals surface area contributed by atoms with E-state index < -0.39 is 42.3 Å². The molecule has 1 heterocycles. The molecule has 0 fully saturated rings. The summed E-state index contributed by atoms with van der Waals surface area (Å²) in [6, 6.07) is 1.28. The van der Waals surface area contributed by atoms with Crippen LogP contribution >= 0.6 is 0 Å². The van der Waals surface area contributed by atoms with Crippen LogP contribution in [0.5, 0.6) is 11.5 Å². The molecule has 42 heavy (non-hydrogen) atoms. The molecule has 0 radical (unpaired) electrons. The number of carbonyl (C=O) groups excluding carboxylic acids is 2. The summed E-state index contributed by atoms with van der Waals surface area (Å²) in [6.45, 7) is 11.1. The minimum Gasteiger partial charge on any atom is -0.506 e. The van der Waals surface area contributed by atoms with E-state index >= 15 is 0 Å². The van der Waals surface area contributed by atoms with Gasteiger partial charge in [0, 0.05) is 43.9 Å². The minimum absolute atomic E-state index is 0.0416. The lowest BCUT2D eigenvalue weighted by atomic mass is 9.87. The van der Waals surface area contributed by atoms with Crippen LogP contribution in [0.25, 0.3) is 0 Å². The van der Waals surface area contributed by atoms with E-state index in [1.54, 1.807) is 38.2 Å². The highest BCUT2D eigenvalue weighted by Gasteiger charge is 2.30. The Hall–Kier alpha value is -3.80. The molecule has 0 saturated heterocycles. The van der Waals surface area contributed by atoms with Crippen LogP contribution in [0.15, 0.2) is 54.2 Å². The van der Waals surface area contributed by atoms with Gasteiger partial charge in [0.2, 0.25) is 0 Å². The fourth-order valence-electron chi connectivity index (χ4n) is 4.98. The minimum atomic E-state index is -0.990. The third-order valence-corrected chi connectivity index (χ3v) is 7.25. The number of phenols is 2. The number of aliphatic hydroxyl groups excluding tert-OH is 1. The van der Waals surface area contributed by atoms with Crippen molar-refractivity contribution in [2.24, 2.45) is 17.6 Å². The number of rotatable bonds is 6. The molecule has 0 aliphatic carbocycles. The molecule has 11 heteroatoms. The van der Waals surface area contributed by atoms with Gasteiger partial charge in [-0.25, -0.2) is 4.79 Å². The zero-order chi connectivity index (χ0) is 31.6. The van der Waals surface area contributed by atoms with Crippen LogP contribution in [0.1, 0.15) is 39.7 Å². The van der Waals surface area contributed by atoms with Crippen LogP contribution in [0.2, 0.25) is 0 Å². The Labute approximate surface area is 247 Å². The Bertz CT molecular complexity index is 1210. The maximum atomic E-state index is 13.0. The smallest absolute Gasteiger partial charge is 0.405 e. The van der Waals surface area contributed by atoms with Crippen molar-refractivity contribution < 1.29 is 39.1 Å². The second kappa shape index (κ2) is 16.0. The largest absolute Gasteiger partial charge is 0.506 e. The van der Waals surface area contributed by atoms with Gasteiger partial charge in [-0.15, -0.1) is 6.58 Å². The van der Waals surface area contributed by atoms with E-state index in [1.807, 2.05) is 13.8 Å². The molecule has 2 amide bonds. The van der Waals surface area contributed by atoms with Gasteiger partial charge in [-0.2, -0.15) is 0 Å². The number of fused-ring (bicyclic) bond motifs is 2. The average molecular weight is 588 g/mol. The molecule has 1 aliphatic heterocycles. The number of aromatic hydroxyl groups is 2. The summed E-state index contributed by atoms with van der Waals surface area (Å²) >= 11 is 0. The first-order valence-electron chi connectivity index (χ1n) is 13.8. The van der Waals surface area contributed by atoms with Crippen LogP contribution in [0, 0.1) is 11.8 Å². The predicted molar refractivity (Wildman–Crippen MR) is 162 cm³/mol. The number of primary amides is 1. The molecule has 1 aromatic rings. The Kier molecular flexibility index (Phi) is 13.1. The molecule has 0 spiro atoms. The van der Waals surface area contributed by atoms with E-state index in [0.717, 1.165) is 0 Å². The molecule has 1 aliphatic rings. The van der Waals surface area contributed by atoms with Gasteiger partial charge in [-0.1, -0.05) is 44.2 Å². The molecule has 2 bridgehead atoms. The standard InChI is InChI=1S/C31H45N3O8/c1-8-12-33-26-21-13-17(2)14-25(41-7)27(36)19(4)15-20(5)29(42-31(32)39)24(40-6)11-9-10-18(3)30(38)34-22(28(21)37)16-23(26)35/h8-11,15-17,19,24-25,27,29,33,35-37H,1,12-14H2,2-7H3,(H2,32,39)(H,34,38)/b11-9-,18-10+,20-15+/t17-,19+,24+,25+,27?,29+/m1/s1. The van der Waals surface area contributed by atoms with Gasteiger partial charge in [0.15, 0.2) is 6.10 Å². The summed E-state index contributed by atoms with van der Waals surface area (Å²) in [6.07, 6.45) is 4.64. The number of anilines is 2. The van der Waals surface area contributed by atoms with E-state index in [2.05, 4.69) is 17.2 Å². The number of hydrogen-bond acceptors (Lipinski definition) is 9. The van der Waals surface area contributed by atoms with Gasteiger partial charge < -0.3 is 45.9 Å². The fourth-order valence-corrected chi connectivity index (χ4v) is 4.98. The maximum Gasteiger partial charge on any atom is 0.405 e. The number of allylic oxidation sites excluding steroid dienone is 2. The summed E-state index contributed by atoms with van der Waals surface area (Å²) in [4.78, 5) is 24.7. The van der Waals surface area contributed by atoms with Crippen molar-refractivity contribution >= 4 is 23.4 Å². The van der Waals surface area contributed by atoms with Gasteiger partial charge in [0.05, 0.1) is 23.6 Å². The number of benzene rings is 1. The zero-order valence-electron chi connectivity index (χ0n) is 25.2. The Morgan fingerprint density at radius 3 is 2.52 bits per heavy atom. The highest BCUT2D eigenvalue weighted by atomic mass is 16.6. The molecule has 0 saturated carbocycles. The number of carbonyl (C=O) groups is 2. The van der Waals surface area contributed by atoms with E-state index in [1.165, 1.54) is 26.4 Å². The monoisotopic (exact) mass is 587 g/mol. The normalized spacial score (nSPS) is 29.3. The molecule has 1 unspecified atom stereocenters. The van der Waals surface area contributed by atoms with Crippen molar-refractivity contribution in [2.75, 3.05) is 31.4 Å². The second-order valence-corrected chi connectivity index (χ2v) is 10.6. The van der Waals surface area contributed by atoms with E-state index in [4.69, 9.17) is 19.9 Å². The third kappa shape index (κ3) is 9.10. The maximum absolute atomic E-state index is 13.0. The van der Waals surface area contributed by atoms with Crippen molar-refractivity contribution in [3.63, 3.8) is 0 Å². The average Bonchev–Trinajstić information content (AvgIpc) is 2.94. The Balaban J connectivity index is 2.67. The second-order valence-electron chi connectivity index (χ2n) is 10.6. The molecular formula is C31H45N3O8. The van der Waals surface area contributed by atoms with Crippen LogP contribution in [-0.4, -0.2) is 72.5 Å². The van der Waals surface area contributed by atoms with Crippen molar-refractivity contribution in [1.29, 1.82) is 0 Å². The third-order valence-electron chi connectivity index (χ3n) is 7.25. The number of nitrogens with two attached hydrogens (primary N) is 1. The van der Waals surface area contributed by atoms with E-state index in [-0.39, 0.29) is 23.1 Å². The number of aliphatic hydroxyl groups is 1. The fraction of sp³-hybridized carbons (Fsp3) is 0.484. The summed E-state index contributed by atoms with van der Waals surface area (Å²) in [7, 11) is 2.95. The lowest BCUT2D eigenvalue weighted by Gasteiger charge is -2.29. The first-order valence-corrected chi connectivity index (χ1v) is 13.8. The predicted octanol–water partition coefficient (Wildman–Crippen LogP) is 4.16. The number of amides is 2. The molecule has 7 N–H and O–H groups in total. The Morgan fingerprint density at radius 1 is 1.24 bits per heavy atom. The summed E-state index contributed by atoms with van der Waals surface area (Å²) in [5, 5.41) is 39.1. The van der Waals surface area contributed by atoms with Gasteiger partial charge >= 0.3 is 6.09 Å². The molecule has 0 aromatic heterocycles. The molecular weight excluding hydrogens is 542 g/mol. The zero-order valence-corrected chi connectivity index (χ0v) is 25.2. The molecule has 1 aromatic carbocycles. The van der Waals surface area contributed by atoms with Crippen LogP contribution < -0.4 is 16.4 Å². The first kappa shape index (κ1) is 34.4. The lowest BCUT2D eigenvalue weighted by Crippen LogP contribution is -2.37. The lowest BCUT2D eigenvalue weighted by molar-refractivity contribution is -0.112. The van der Waals surface area contributed by atoms with Gasteiger partial charge in [0.25, 0.3) is 5.91 Å². The van der Waals surface area contributed by atoms with Gasteiger partial charge in [-0.05, 0) is 38.2 Å². The number of methoxy groups -OCH3 is 2. The van der Waals surface area contributed by atoms with Crippen LogP contribution in [0.4, 0.5) is 16.2 Å². The summed E-state index contributed by atoms with van der Waals surface area (Å²) in [5.74, 6) is -1.41. The molecule has 2 rings (SSSR count). The number of nitrogens with one attached hydrogen (secondary N) is 2. The van der Waals surface area contributed by atoms with Crippen LogP contribution in [-0.2, 0) is 25.4 Å².